The molecule has 2 aromatic rings. The number of nitrogens with one attached hydrogen (secondary N) is 2. The van der Waals surface area contributed by atoms with E-state index in [9.17, 15) is 9.59 Å². The number of rotatable bonds is 6. The zero-order valence-electron chi connectivity index (χ0n) is 14.7. The lowest BCUT2D eigenvalue weighted by molar-refractivity contribution is 0.0931. The highest BCUT2D eigenvalue weighted by atomic mass is 16.3. The molecule has 0 aromatic carbocycles. The first kappa shape index (κ1) is 17.3. The quantitative estimate of drug-likeness (QED) is 0.841. The van der Waals surface area contributed by atoms with Gasteiger partial charge in [0.2, 0.25) is 0 Å². The standard InChI is InChI=1S/C18H24N4O3/c1-3-12(2)20-17(23)15-14-8-4-5-9-22(14)16(21-15)18(24)19-11-13-7-6-10-25-13/h6-7,10,12H,3-5,8-9,11H2,1-2H3,(H,19,24)(H,20,23). The van der Waals surface area contributed by atoms with Crippen LogP contribution in [0.15, 0.2) is 22.8 Å². The average molecular weight is 344 g/mol. The van der Waals surface area contributed by atoms with Crippen LogP contribution in [0.1, 0.15) is 65.7 Å². The summed E-state index contributed by atoms with van der Waals surface area (Å²) in [6.45, 7) is 4.98. The molecule has 7 heteroatoms. The minimum absolute atomic E-state index is 0.0738. The maximum atomic E-state index is 12.6. The van der Waals surface area contributed by atoms with Crippen LogP contribution in [0.2, 0.25) is 0 Å². The predicted molar refractivity (Wildman–Crippen MR) is 92.3 cm³/mol. The van der Waals surface area contributed by atoms with Crippen molar-refractivity contribution in [3.8, 4) is 0 Å². The molecule has 7 nitrogen and oxygen atoms in total. The van der Waals surface area contributed by atoms with Crippen LogP contribution in [0, 0.1) is 0 Å². The molecule has 0 aliphatic carbocycles. The predicted octanol–water partition coefficient (Wildman–Crippen LogP) is 2.27. The van der Waals surface area contributed by atoms with Crippen LogP contribution in [0.5, 0.6) is 0 Å². The normalized spacial score (nSPS) is 14.6. The molecule has 2 N–H and O–H groups in total. The van der Waals surface area contributed by atoms with Crippen molar-refractivity contribution < 1.29 is 14.0 Å². The van der Waals surface area contributed by atoms with Gasteiger partial charge in [-0.15, -0.1) is 0 Å². The molecule has 1 aliphatic rings. The van der Waals surface area contributed by atoms with Gasteiger partial charge in [0.25, 0.3) is 11.8 Å². The Bertz CT molecular complexity index is 749. The molecule has 0 saturated carbocycles. The third kappa shape index (κ3) is 3.75. The Balaban J connectivity index is 1.81. The summed E-state index contributed by atoms with van der Waals surface area (Å²) in [6.07, 6.45) is 5.16. The van der Waals surface area contributed by atoms with Gasteiger partial charge in [-0.1, -0.05) is 6.92 Å². The SMILES string of the molecule is CCC(C)NC(=O)c1nc(C(=O)NCc2ccco2)n2c1CCCC2. The monoisotopic (exact) mass is 344 g/mol. The number of amides is 2. The van der Waals surface area contributed by atoms with Gasteiger partial charge in [-0.25, -0.2) is 4.98 Å². The lowest BCUT2D eigenvalue weighted by Crippen LogP contribution is -2.33. The summed E-state index contributed by atoms with van der Waals surface area (Å²) in [4.78, 5) is 29.5. The molecule has 134 valence electrons. The fourth-order valence-corrected chi connectivity index (χ4v) is 2.95. The number of nitrogens with zero attached hydrogens (tertiary/aromatic N) is 2. The molecule has 25 heavy (non-hydrogen) atoms. The maximum absolute atomic E-state index is 12.6. The molecule has 1 unspecified atom stereocenters. The second kappa shape index (κ2) is 7.55. The average Bonchev–Trinajstić information content (AvgIpc) is 3.27. The lowest BCUT2D eigenvalue weighted by Gasteiger charge is -2.17. The van der Waals surface area contributed by atoms with Gasteiger partial charge in [0.05, 0.1) is 18.5 Å². The fourth-order valence-electron chi connectivity index (χ4n) is 2.95. The number of carbonyl (C=O) groups excluding carboxylic acids is 2. The molecule has 0 radical (unpaired) electrons. The Morgan fingerprint density at radius 1 is 1.36 bits per heavy atom. The molecule has 2 amide bonds. The first-order valence-electron chi connectivity index (χ1n) is 8.81. The molecule has 3 rings (SSSR count). The van der Waals surface area contributed by atoms with E-state index in [1.54, 1.807) is 18.4 Å². The molecule has 0 saturated heterocycles. The van der Waals surface area contributed by atoms with E-state index in [1.165, 1.54) is 0 Å². The van der Waals surface area contributed by atoms with E-state index in [0.29, 0.717) is 30.4 Å². The molecular weight excluding hydrogens is 320 g/mol. The van der Waals surface area contributed by atoms with Crippen molar-refractivity contribution in [2.45, 2.75) is 58.7 Å². The highest BCUT2D eigenvalue weighted by molar-refractivity contribution is 5.97. The molecule has 1 atom stereocenters. The molecule has 3 heterocycles. The van der Waals surface area contributed by atoms with Gasteiger partial charge in [0.15, 0.2) is 5.82 Å². The summed E-state index contributed by atoms with van der Waals surface area (Å²) in [7, 11) is 0. The topological polar surface area (TPSA) is 89.2 Å². The molecule has 2 aromatic heterocycles. The number of carbonyl (C=O) groups is 2. The van der Waals surface area contributed by atoms with Crippen LogP contribution in [0.3, 0.4) is 0 Å². The summed E-state index contributed by atoms with van der Waals surface area (Å²) in [5, 5.41) is 5.75. The minimum Gasteiger partial charge on any atom is -0.467 e. The summed E-state index contributed by atoms with van der Waals surface area (Å²) < 4.78 is 7.11. The summed E-state index contributed by atoms with van der Waals surface area (Å²) in [6, 6.07) is 3.65. The van der Waals surface area contributed by atoms with E-state index in [0.717, 1.165) is 31.4 Å². The fraction of sp³-hybridized carbons (Fsp3) is 0.500. The van der Waals surface area contributed by atoms with E-state index in [-0.39, 0.29) is 17.9 Å². The van der Waals surface area contributed by atoms with Gasteiger partial charge >= 0.3 is 0 Å². The second-order valence-corrected chi connectivity index (χ2v) is 6.38. The second-order valence-electron chi connectivity index (χ2n) is 6.38. The highest BCUT2D eigenvalue weighted by Crippen LogP contribution is 2.21. The number of imidazole rings is 1. The third-order valence-corrected chi connectivity index (χ3v) is 4.53. The zero-order valence-corrected chi connectivity index (χ0v) is 14.7. The number of furan rings is 1. The molecule has 0 spiro atoms. The van der Waals surface area contributed by atoms with Gasteiger partial charge in [-0.2, -0.15) is 0 Å². The minimum atomic E-state index is -0.290. The zero-order chi connectivity index (χ0) is 17.8. The van der Waals surface area contributed by atoms with Crippen molar-refractivity contribution in [3.05, 3.63) is 41.4 Å². The molecule has 1 aliphatic heterocycles. The van der Waals surface area contributed by atoms with Crippen molar-refractivity contribution in [1.29, 1.82) is 0 Å². The number of hydrogen-bond acceptors (Lipinski definition) is 4. The third-order valence-electron chi connectivity index (χ3n) is 4.53. The number of aromatic nitrogens is 2. The van der Waals surface area contributed by atoms with Crippen molar-refractivity contribution in [1.82, 2.24) is 20.2 Å². The van der Waals surface area contributed by atoms with Crippen molar-refractivity contribution in [3.63, 3.8) is 0 Å². The van der Waals surface area contributed by atoms with Gasteiger partial charge in [0, 0.05) is 12.6 Å². The Morgan fingerprint density at radius 2 is 2.20 bits per heavy atom. The molecule has 0 fully saturated rings. The molecule has 0 bridgehead atoms. The Hall–Kier alpha value is -2.57. The van der Waals surface area contributed by atoms with Crippen LogP contribution in [-0.2, 0) is 19.5 Å². The Labute approximate surface area is 146 Å². The molecular formula is C18H24N4O3. The van der Waals surface area contributed by atoms with Crippen LogP contribution in [0.4, 0.5) is 0 Å². The van der Waals surface area contributed by atoms with Gasteiger partial charge < -0.3 is 19.6 Å². The summed E-state index contributed by atoms with van der Waals surface area (Å²) in [5.74, 6) is 0.483. The van der Waals surface area contributed by atoms with E-state index < -0.39 is 0 Å². The van der Waals surface area contributed by atoms with E-state index in [4.69, 9.17) is 4.42 Å². The van der Waals surface area contributed by atoms with Crippen LogP contribution < -0.4 is 10.6 Å². The van der Waals surface area contributed by atoms with Crippen molar-refractivity contribution in [2.75, 3.05) is 0 Å². The van der Waals surface area contributed by atoms with E-state index in [2.05, 4.69) is 15.6 Å². The smallest absolute Gasteiger partial charge is 0.287 e. The van der Waals surface area contributed by atoms with Crippen LogP contribution >= 0.6 is 0 Å². The Kier molecular flexibility index (Phi) is 5.21. The summed E-state index contributed by atoms with van der Waals surface area (Å²) in [5.41, 5.74) is 1.23. The van der Waals surface area contributed by atoms with E-state index in [1.807, 2.05) is 18.4 Å². The largest absolute Gasteiger partial charge is 0.467 e. The van der Waals surface area contributed by atoms with Gasteiger partial charge in [-0.05, 0) is 44.7 Å². The van der Waals surface area contributed by atoms with Crippen molar-refractivity contribution in [2.24, 2.45) is 0 Å². The first-order valence-corrected chi connectivity index (χ1v) is 8.81. The highest BCUT2D eigenvalue weighted by Gasteiger charge is 2.27. The van der Waals surface area contributed by atoms with Crippen LogP contribution in [0.25, 0.3) is 0 Å². The van der Waals surface area contributed by atoms with E-state index >= 15 is 0 Å². The number of fused-ring (bicyclic) bond motifs is 1. The van der Waals surface area contributed by atoms with Gasteiger partial charge in [0.1, 0.15) is 11.5 Å². The van der Waals surface area contributed by atoms with Gasteiger partial charge in [-0.3, -0.25) is 9.59 Å². The van der Waals surface area contributed by atoms with Crippen molar-refractivity contribution >= 4 is 11.8 Å². The summed E-state index contributed by atoms with van der Waals surface area (Å²) >= 11 is 0. The first-order chi connectivity index (χ1) is 12.1. The van der Waals surface area contributed by atoms with Crippen LogP contribution in [-0.4, -0.2) is 27.4 Å². The lowest BCUT2D eigenvalue weighted by atomic mass is 10.1. The number of hydrogen-bond donors (Lipinski definition) is 2. The Morgan fingerprint density at radius 3 is 2.92 bits per heavy atom. The maximum Gasteiger partial charge on any atom is 0.287 e.